The number of amides is 2. The number of aryl methyl sites for hydroxylation is 1. The van der Waals surface area contributed by atoms with Gasteiger partial charge < -0.3 is 10.3 Å². The van der Waals surface area contributed by atoms with E-state index in [1.54, 1.807) is 12.1 Å². The smallest absolute Gasteiger partial charge is 0.257 e. The molecule has 0 saturated carbocycles. The third kappa shape index (κ3) is 4.16. The van der Waals surface area contributed by atoms with Gasteiger partial charge in [0.25, 0.3) is 5.91 Å². The first-order valence-electron chi connectivity index (χ1n) is 10.9. The summed E-state index contributed by atoms with van der Waals surface area (Å²) in [6, 6.07) is 17.3. The largest absolute Gasteiger partial charge is 0.361 e. The molecule has 0 saturated heterocycles. The molecule has 0 aliphatic heterocycles. The molecule has 32 heavy (non-hydrogen) atoms. The van der Waals surface area contributed by atoms with Gasteiger partial charge in [0.05, 0.1) is 11.6 Å². The van der Waals surface area contributed by atoms with Crippen molar-refractivity contribution in [2.45, 2.75) is 31.6 Å². The van der Waals surface area contributed by atoms with E-state index in [1.165, 1.54) is 22.3 Å². The monoisotopic (exact) mass is 444 g/mol. The molecule has 1 aliphatic carbocycles. The predicted molar refractivity (Wildman–Crippen MR) is 127 cm³/mol. The first-order valence-corrected chi connectivity index (χ1v) is 11.7. The number of nitrogens with zero attached hydrogens (tertiary/aromatic N) is 1. The van der Waals surface area contributed by atoms with Crippen molar-refractivity contribution in [1.82, 2.24) is 15.3 Å². The molecule has 1 aliphatic rings. The average molecular weight is 445 g/mol. The fourth-order valence-electron chi connectivity index (χ4n) is 4.27. The van der Waals surface area contributed by atoms with Gasteiger partial charge in [0.15, 0.2) is 5.13 Å². The van der Waals surface area contributed by atoms with Crippen molar-refractivity contribution < 1.29 is 9.59 Å². The lowest BCUT2D eigenvalue weighted by Crippen LogP contribution is -2.32. The van der Waals surface area contributed by atoms with E-state index in [9.17, 15) is 9.59 Å². The topological polar surface area (TPSA) is 86.9 Å². The van der Waals surface area contributed by atoms with Crippen molar-refractivity contribution >= 4 is 39.2 Å². The van der Waals surface area contributed by atoms with Crippen LogP contribution >= 0.6 is 11.3 Å². The molecule has 0 radical (unpaired) electrons. The van der Waals surface area contributed by atoms with E-state index >= 15 is 0 Å². The number of anilines is 1. The van der Waals surface area contributed by atoms with E-state index in [4.69, 9.17) is 0 Å². The molecule has 2 heterocycles. The SMILES string of the molecule is O=C(Nc1nc2c(s1)CCCC2C(=O)NCCc1c[nH]c2ccccc12)c1ccccc1. The number of aromatic amines is 1. The lowest BCUT2D eigenvalue weighted by Gasteiger charge is -2.20. The number of benzene rings is 2. The normalized spacial score (nSPS) is 15.3. The molecule has 0 spiro atoms. The van der Waals surface area contributed by atoms with Gasteiger partial charge >= 0.3 is 0 Å². The number of para-hydroxylation sites is 1. The number of carbonyl (C=O) groups excluding carboxylic acids is 2. The minimum atomic E-state index is -0.264. The van der Waals surface area contributed by atoms with Gasteiger partial charge in [0.1, 0.15) is 0 Å². The Morgan fingerprint density at radius 2 is 1.91 bits per heavy atom. The summed E-state index contributed by atoms with van der Waals surface area (Å²) in [5.74, 6) is -0.436. The number of carbonyl (C=O) groups is 2. The highest BCUT2D eigenvalue weighted by molar-refractivity contribution is 7.16. The van der Waals surface area contributed by atoms with Gasteiger partial charge in [-0.1, -0.05) is 36.4 Å². The van der Waals surface area contributed by atoms with E-state index in [1.807, 2.05) is 36.5 Å². The second kappa shape index (κ2) is 8.96. The minimum absolute atomic E-state index is 0.0111. The van der Waals surface area contributed by atoms with Gasteiger partial charge in [0, 0.05) is 34.1 Å². The zero-order valence-corrected chi connectivity index (χ0v) is 18.4. The van der Waals surface area contributed by atoms with E-state index < -0.39 is 0 Å². The van der Waals surface area contributed by atoms with Crippen molar-refractivity contribution in [2.75, 3.05) is 11.9 Å². The van der Waals surface area contributed by atoms with Crippen molar-refractivity contribution in [3.05, 3.63) is 82.5 Å². The Morgan fingerprint density at radius 1 is 1.09 bits per heavy atom. The average Bonchev–Trinajstić information content (AvgIpc) is 3.43. The molecule has 6 nitrogen and oxygen atoms in total. The molecule has 5 rings (SSSR count). The number of hydrogen-bond acceptors (Lipinski definition) is 4. The molecule has 1 unspecified atom stereocenters. The highest BCUT2D eigenvalue weighted by atomic mass is 32.1. The first kappa shape index (κ1) is 20.5. The van der Waals surface area contributed by atoms with Crippen LogP contribution in [0.25, 0.3) is 10.9 Å². The number of hydrogen-bond donors (Lipinski definition) is 3. The van der Waals surface area contributed by atoms with Gasteiger partial charge in [-0.2, -0.15) is 0 Å². The van der Waals surface area contributed by atoms with E-state index in [0.29, 0.717) is 17.2 Å². The maximum absolute atomic E-state index is 13.0. The highest BCUT2D eigenvalue weighted by Crippen LogP contribution is 2.37. The summed E-state index contributed by atoms with van der Waals surface area (Å²) in [5.41, 5.74) is 3.71. The fourth-order valence-corrected chi connectivity index (χ4v) is 5.33. The summed E-state index contributed by atoms with van der Waals surface area (Å²) < 4.78 is 0. The molecule has 0 bridgehead atoms. The molecular weight excluding hydrogens is 420 g/mol. The summed E-state index contributed by atoms with van der Waals surface area (Å²) in [6.07, 6.45) is 5.40. The lowest BCUT2D eigenvalue weighted by atomic mass is 9.90. The van der Waals surface area contributed by atoms with Gasteiger partial charge in [-0.05, 0) is 49.4 Å². The fraction of sp³-hybridized carbons (Fsp3) is 0.240. The van der Waals surface area contributed by atoms with Crippen LogP contribution in [0.3, 0.4) is 0 Å². The van der Waals surface area contributed by atoms with Crippen LogP contribution in [-0.2, 0) is 17.6 Å². The number of H-pyrrole nitrogens is 1. The molecule has 2 aromatic carbocycles. The van der Waals surface area contributed by atoms with Crippen molar-refractivity contribution in [1.29, 1.82) is 0 Å². The number of rotatable bonds is 6. The zero-order chi connectivity index (χ0) is 21.9. The zero-order valence-electron chi connectivity index (χ0n) is 17.6. The Morgan fingerprint density at radius 3 is 2.78 bits per heavy atom. The summed E-state index contributed by atoms with van der Waals surface area (Å²) in [5, 5.41) is 7.74. The van der Waals surface area contributed by atoms with Crippen molar-refractivity contribution in [2.24, 2.45) is 0 Å². The lowest BCUT2D eigenvalue weighted by molar-refractivity contribution is -0.122. The van der Waals surface area contributed by atoms with Crippen LogP contribution in [-0.4, -0.2) is 28.3 Å². The quantitative estimate of drug-likeness (QED) is 0.404. The predicted octanol–water partition coefficient (Wildman–Crippen LogP) is 4.66. The van der Waals surface area contributed by atoms with Crippen molar-refractivity contribution in [3.8, 4) is 0 Å². The Hall–Kier alpha value is -3.45. The van der Waals surface area contributed by atoms with Gasteiger partial charge in [-0.15, -0.1) is 11.3 Å². The second-order valence-electron chi connectivity index (χ2n) is 7.99. The van der Waals surface area contributed by atoms with Crippen LogP contribution in [0, 0.1) is 0 Å². The third-order valence-corrected chi connectivity index (χ3v) is 6.94. The summed E-state index contributed by atoms with van der Waals surface area (Å²) in [6.45, 7) is 0.578. The van der Waals surface area contributed by atoms with Gasteiger partial charge in [0.2, 0.25) is 5.91 Å². The summed E-state index contributed by atoms with van der Waals surface area (Å²) in [4.78, 5) is 34.4. The van der Waals surface area contributed by atoms with E-state index in [-0.39, 0.29) is 17.7 Å². The van der Waals surface area contributed by atoms with Crippen molar-refractivity contribution in [3.63, 3.8) is 0 Å². The summed E-state index contributed by atoms with van der Waals surface area (Å²) >= 11 is 1.48. The Bertz CT molecular complexity index is 1260. The maximum atomic E-state index is 13.0. The van der Waals surface area contributed by atoms with Crippen LogP contribution in [0.4, 0.5) is 5.13 Å². The van der Waals surface area contributed by atoms with E-state index in [2.05, 4.69) is 32.7 Å². The first-order chi connectivity index (χ1) is 15.7. The third-order valence-electron chi connectivity index (χ3n) is 5.90. The molecule has 2 aromatic heterocycles. The molecule has 1 atom stereocenters. The van der Waals surface area contributed by atoms with Crippen LogP contribution in [0.15, 0.2) is 60.8 Å². The standard InChI is InChI=1S/C25H24N4O2S/c30-23(16-7-2-1-3-8-16)29-25-28-22-19(10-6-12-21(22)32-25)24(31)26-14-13-17-15-27-20-11-5-4-9-18(17)20/h1-5,7-9,11,15,19,27H,6,10,12-14H2,(H,26,31)(H,28,29,30). The molecule has 7 heteroatoms. The molecule has 162 valence electrons. The molecule has 2 amide bonds. The molecular formula is C25H24N4O2S. The highest BCUT2D eigenvalue weighted by Gasteiger charge is 2.30. The number of nitrogens with one attached hydrogen (secondary N) is 3. The van der Waals surface area contributed by atoms with Crippen LogP contribution in [0.1, 0.15) is 45.3 Å². The number of aromatic nitrogens is 2. The molecule has 4 aromatic rings. The van der Waals surface area contributed by atoms with E-state index in [0.717, 1.165) is 41.8 Å². The Balaban J connectivity index is 1.23. The summed E-state index contributed by atoms with van der Waals surface area (Å²) in [7, 11) is 0. The van der Waals surface area contributed by atoms with Crippen LogP contribution in [0.2, 0.25) is 0 Å². The van der Waals surface area contributed by atoms with Crippen LogP contribution < -0.4 is 10.6 Å². The minimum Gasteiger partial charge on any atom is -0.361 e. The number of fused-ring (bicyclic) bond motifs is 2. The second-order valence-corrected chi connectivity index (χ2v) is 9.08. The Kier molecular flexibility index (Phi) is 5.73. The van der Waals surface area contributed by atoms with Gasteiger partial charge in [-0.3, -0.25) is 14.9 Å². The van der Waals surface area contributed by atoms with Crippen LogP contribution in [0.5, 0.6) is 0 Å². The molecule has 3 N–H and O–H groups in total. The maximum Gasteiger partial charge on any atom is 0.257 e. The number of thiazole rings is 1. The molecule has 0 fully saturated rings. The van der Waals surface area contributed by atoms with Gasteiger partial charge in [-0.25, -0.2) is 4.98 Å². The Labute approximate surface area is 190 Å².